The van der Waals surface area contributed by atoms with Gasteiger partial charge in [0.25, 0.3) is 0 Å². The van der Waals surface area contributed by atoms with Gasteiger partial charge in [0.05, 0.1) is 16.3 Å². The van der Waals surface area contributed by atoms with Gasteiger partial charge in [-0.1, -0.05) is 24.3 Å². The third-order valence-corrected chi connectivity index (χ3v) is 5.17. The summed E-state index contributed by atoms with van der Waals surface area (Å²) in [6, 6.07) is 10.8. The van der Waals surface area contributed by atoms with Crippen molar-refractivity contribution < 1.29 is 8.42 Å². The highest BCUT2D eigenvalue weighted by molar-refractivity contribution is 7.90. The summed E-state index contributed by atoms with van der Waals surface area (Å²) in [7, 11) is -3.42. The summed E-state index contributed by atoms with van der Waals surface area (Å²) < 4.78 is 25.0. The number of hydrogen-bond acceptors (Lipinski definition) is 3. The monoisotopic (exact) mass is 289 g/mol. The second kappa shape index (κ2) is 5.29. The second-order valence-electron chi connectivity index (χ2n) is 5.22. The Labute approximate surface area is 120 Å². The van der Waals surface area contributed by atoms with Gasteiger partial charge in [-0.05, 0) is 55.2 Å². The maximum atomic E-state index is 12.5. The highest BCUT2D eigenvalue weighted by Gasteiger charge is 2.18. The van der Waals surface area contributed by atoms with Crippen molar-refractivity contribution in [2.75, 3.05) is 5.73 Å². The Kier molecular flexibility index (Phi) is 3.86. The third-order valence-electron chi connectivity index (χ3n) is 3.43. The first kappa shape index (κ1) is 14.6. The Hall–Kier alpha value is -1.81. The lowest BCUT2D eigenvalue weighted by molar-refractivity contribution is 0.595. The molecule has 0 aliphatic carbocycles. The van der Waals surface area contributed by atoms with E-state index < -0.39 is 9.84 Å². The van der Waals surface area contributed by atoms with Crippen molar-refractivity contribution in [3.63, 3.8) is 0 Å². The molecule has 0 aliphatic heterocycles. The van der Waals surface area contributed by atoms with Crippen LogP contribution in [-0.4, -0.2) is 8.42 Å². The average Bonchev–Trinajstić information content (AvgIpc) is 2.36. The van der Waals surface area contributed by atoms with Gasteiger partial charge in [-0.2, -0.15) is 0 Å². The van der Waals surface area contributed by atoms with Gasteiger partial charge in [0, 0.05) is 0 Å². The number of rotatable bonds is 3. The molecule has 0 amide bonds. The van der Waals surface area contributed by atoms with E-state index in [0.717, 1.165) is 22.3 Å². The summed E-state index contributed by atoms with van der Waals surface area (Å²) in [5.74, 6) is -0.0260. The molecule has 20 heavy (non-hydrogen) atoms. The van der Waals surface area contributed by atoms with E-state index in [1.165, 1.54) is 0 Å². The van der Waals surface area contributed by atoms with E-state index in [1.54, 1.807) is 12.1 Å². The standard InChI is InChI=1S/C16H19NO2S/c1-11-4-7-15(17)16(8-11)20(18,19)10-14-6-5-12(2)13(3)9-14/h4-9H,10,17H2,1-3H3. The predicted octanol–water partition coefficient (Wildman–Crippen LogP) is 3.17. The highest BCUT2D eigenvalue weighted by Crippen LogP contribution is 2.24. The van der Waals surface area contributed by atoms with Gasteiger partial charge in [-0.3, -0.25) is 0 Å². The molecular formula is C16H19NO2S. The predicted molar refractivity (Wildman–Crippen MR) is 82.4 cm³/mol. The van der Waals surface area contributed by atoms with Crippen molar-refractivity contribution in [1.29, 1.82) is 0 Å². The van der Waals surface area contributed by atoms with E-state index in [0.29, 0.717) is 5.69 Å². The molecule has 0 atom stereocenters. The first-order chi connectivity index (χ1) is 9.29. The van der Waals surface area contributed by atoms with Crippen LogP contribution in [0, 0.1) is 20.8 Å². The van der Waals surface area contributed by atoms with Crippen molar-refractivity contribution in [3.8, 4) is 0 Å². The quantitative estimate of drug-likeness (QED) is 0.883. The maximum absolute atomic E-state index is 12.5. The van der Waals surface area contributed by atoms with E-state index in [1.807, 2.05) is 45.0 Å². The van der Waals surface area contributed by atoms with Gasteiger partial charge in [0.2, 0.25) is 0 Å². The Morgan fingerprint density at radius 3 is 2.30 bits per heavy atom. The molecule has 0 saturated carbocycles. The zero-order valence-electron chi connectivity index (χ0n) is 12.0. The van der Waals surface area contributed by atoms with E-state index in [2.05, 4.69) is 0 Å². The number of hydrogen-bond donors (Lipinski definition) is 1. The van der Waals surface area contributed by atoms with Crippen molar-refractivity contribution >= 4 is 15.5 Å². The van der Waals surface area contributed by atoms with E-state index in [-0.39, 0.29) is 10.6 Å². The number of nitrogens with two attached hydrogens (primary N) is 1. The SMILES string of the molecule is Cc1ccc(N)c(S(=O)(=O)Cc2ccc(C)c(C)c2)c1. The number of benzene rings is 2. The van der Waals surface area contributed by atoms with Crippen LogP contribution >= 0.6 is 0 Å². The zero-order chi connectivity index (χ0) is 14.9. The fraction of sp³-hybridized carbons (Fsp3) is 0.250. The number of aryl methyl sites for hydroxylation is 3. The van der Waals surface area contributed by atoms with Gasteiger partial charge in [0.1, 0.15) is 0 Å². The van der Waals surface area contributed by atoms with E-state index in [4.69, 9.17) is 5.73 Å². The van der Waals surface area contributed by atoms with Crippen LogP contribution in [0.4, 0.5) is 5.69 Å². The largest absolute Gasteiger partial charge is 0.398 e. The van der Waals surface area contributed by atoms with E-state index >= 15 is 0 Å². The van der Waals surface area contributed by atoms with Gasteiger partial charge < -0.3 is 5.73 Å². The average molecular weight is 289 g/mol. The minimum atomic E-state index is -3.42. The minimum Gasteiger partial charge on any atom is -0.398 e. The van der Waals surface area contributed by atoms with Gasteiger partial charge in [0.15, 0.2) is 9.84 Å². The summed E-state index contributed by atoms with van der Waals surface area (Å²) in [6.45, 7) is 5.84. The molecule has 106 valence electrons. The smallest absolute Gasteiger partial charge is 0.184 e. The topological polar surface area (TPSA) is 60.2 Å². The van der Waals surface area contributed by atoms with Crippen molar-refractivity contribution in [3.05, 3.63) is 58.7 Å². The van der Waals surface area contributed by atoms with Crippen molar-refractivity contribution in [1.82, 2.24) is 0 Å². The van der Waals surface area contributed by atoms with Gasteiger partial charge in [-0.25, -0.2) is 8.42 Å². The Bertz CT molecular complexity index is 749. The molecule has 0 spiro atoms. The van der Waals surface area contributed by atoms with Crippen LogP contribution in [0.15, 0.2) is 41.3 Å². The molecule has 2 aromatic carbocycles. The van der Waals surface area contributed by atoms with Crippen LogP contribution in [0.5, 0.6) is 0 Å². The van der Waals surface area contributed by atoms with Crippen LogP contribution in [0.3, 0.4) is 0 Å². The number of nitrogen functional groups attached to an aromatic ring is 1. The summed E-state index contributed by atoms with van der Waals surface area (Å²) in [5, 5.41) is 0. The van der Waals surface area contributed by atoms with Crippen LogP contribution < -0.4 is 5.73 Å². The van der Waals surface area contributed by atoms with E-state index in [9.17, 15) is 8.42 Å². The Balaban J connectivity index is 2.40. The molecule has 2 aromatic rings. The summed E-state index contributed by atoms with van der Waals surface area (Å²) >= 11 is 0. The fourth-order valence-corrected chi connectivity index (χ4v) is 3.67. The fourth-order valence-electron chi connectivity index (χ4n) is 2.10. The molecule has 0 saturated heterocycles. The molecule has 0 heterocycles. The molecular weight excluding hydrogens is 270 g/mol. The first-order valence-corrected chi connectivity index (χ1v) is 8.10. The molecule has 0 radical (unpaired) electrons. The lowest BCUT2D eigenvalue weighted by Gasteiger charge is -2.10. The van der Waals surface area contributed by atoms with Crippen LogP contribution in [0.25, 0.3) is 0 Å². The summed E-state index contributed by atoms with van der Waals surface area (Å²) in [5.41, 5.74) is 10.0. The third kappa shape index (κ3) is 3.02. The molecule has 0 aliphatic rings. The first-order valence-electron chi connectivity index (χ1n) is 6.44. The maximum Gasteiger partial charge on any atom is 0.184 e. The Morgan fingerprint density at radius 1 is 0.950 bits per heavy atom. The van der Waals surface area contributed by atoms with Gasteiger partial charge in [-0.15, -0.1) is 0 Å². The lowest BCUT2D eigenvalue weighted by Crippen LogP contribution is -2.08. The molecule has 0 fully saturated rings. The normalized spacial score (nSPS) is 11.6. The minimum absolute atomic E-state index is 0.0260. The molecule has 2 N–H and O–H groups in total. The van der Waals surface area contributed by atoms with Crippen LogP contribution in [-0.2, 0) is 15.6 Å². The van der Waals surface area contributed by atoms with Crippen molar-refractivity contribution in [2.24, 2.45) is 0 Å². The van der Waals surface area contributed by atoms with Gasteiger partial charge >= 0.3 is 0 Å². The molecule has 0 bridgehead atoms. The molecule has 4 heteroatoms. The molecule has 2 rings (SSSR count). The molecule has 0 unspecified atom stereocenters. The second-order valence-corrected chi connectivity index (χ2v) is 7.18. The zero-order valence-corrected chi connectivity index (χ0v) is 12.8. The lowest BCUT2D eigenvalue weighted by atomic mass is 10.1. The van der Waals surface area contributed by atoms with Crippen molar-refractivity contribution in [2.45, 2.75) is 31.4 Å². The summed E-state index contributed by atoms with van der Waals surface area (Å²) in [4.78, 5) is 0.218. The number of anilines is 1. The Morgan fingerprint density at radius 2 is 1.65 bits per heavy atom. The van der Waals surface area contributed by atoms with Crippen LogP contribution in [0.1, 0.15) is 22.3 Å². The summed E-state index contributed by atoms with van der Waals surface area (Å²) in [6.07, 6.45) is 0. The number of sulfone groups is 1. The highest BCUT2D eigenvalue weighted by atomic mass is 32.2. The molecule has 0 aromatic heterocycles. The molecule has 3 nitrogen and oxygen atoms in total. The van der Waals surface area contributed by atoms with Crippen LogP contribution in [0.2, 0.25) is 0 Å².